The van der Waals surface area contributed by atoms with Crippen molar-refractivity contribution in [1.82, 2.24) is 0 Å². The van der Waals surface area contributed by atoms with Crippen molar-refractivity contribution in [2.24, 2.45) is 0 Å². The van der Waals surface area contributed by atoms with Crippen LogP contribution in [0.1, 0.15) is 15.9 Å². The van der Waals surface area contributed by atoms with Gasteiger partial charge in [0.1, 0.15) is 0 Å². The first-order valence-corrected chi connectivity index (χ1v) is 5.90. The molecule has 2 rings (SSSR count). The predicted molar refractivity (Wildman–Crippen MR) is 69.0 cm³/mol. The van der Waals surface area contributed by atoms with Gasteiger partial charge in [0.05, 0.1) is 5.02 Å². The second-order valence-electron chi connectivity index (χ2n) is 3.32. The maximum atomic E-state index is 12.0. The van der Waals surface area contributed by atoms with E-state index >= 15 is 0 Å². The standard InChI is InChI=1S/C13H8BrClO/c14-11-8-10(6-7-12(11)15)13(16)9-4-2-1-3-5-9/h1-8H. The third-order valence-corrected chi connectivity index (χ3v) is 3.43. The molecule has 0 aliphatic carbocycles. The predicted octanol–water partition coefficient (Wildman–Crippen LogP) is 4.33. The van der Waals surface area contributed by atoms with Gasteiger partial charge in [-0.3, -0.25) is 4.79 Å². The van der Waals surface area contributed by atoms with Crippen LogP contribution in [0.25, 0.3) is 0 Å². The molecule has 0 heterocycles. The minimum Gasteiger partial charge on any atom is -0.289 e. The summed E-state index contributed by atoms with van der Waals surface area (Å²) in [7, 11) is 0. The first kappa shape index (κ1) is 11.4. The lowest BCUT2D eigenvalue weighted by Crippen LogP contribution is -2.00. The molecule has 2 aromatic rings. The fraction of sp³-hybridized carbons (Fsp3) is 0. The first-order valence-electron chi connectivity index (χ1n) is 4.73. The number of benzene rings is 2. The normalized spacial score (nSPS) is 10.1. The van der Waals surface area contributed by atoms with Crippen molar-refractivity contribution in [3.05, 3.63) is 69.2 Å². The summed E-state index contributed by atoms with van der Waals surface area (Å²) < 4.78 is 0.732. The highest BCUT2D eigenvalue weighted by Crippen LogP contribution is 2.24. The summed E-state index contributed by atoms with van der Waals surface area (Å²) in [4.78, 5) is 12.0. The Kier molecular flexibility index (Phi) is 3.42. The van der Waals surface area contributed by atoms with E-state index in [1.54, 1.807) is 30.3 Å². The van der Waals surface area contributed by atoms with Crippen molar-refractivity contribution < 1.29 is 4.79 Å². The van der Waals surface area contributed by atoms with E-state index in [1.165, 1.54) is 0 Å². The van der Waals surface area contributed by atoms with Gasteiger partial charge in [0, 0.05) is 15.6 Å². The molecule has 0 N–H and O–H groups in total. The van der Waals surface area contributed by atoms with Crippen LogP contribution >= 0.6 is 27.5 Å². The van der Waals surface area contributed by atoms with Crippen molar-refractivity contribution in [3.63, 3.8) is 0 Å². The van der Waals surface area contributed by atoms with Crippen molar-refractivity contribution in [3.8, 4) is 0 Å². The monoisotopic (exact) mass is 294 g/mol. The van der Waals surface area contributed by atoms with Gasteiger partial charge in [-0.05, 0) is 34.1 Å². The molecule has 0 aliphatic heterocycles. The molecule has 0 aliphatic rings. The van der Waals surface area contributed by atoms with E-state index in [0.717, 1.165) is 4.47 Å². The molecule has 3 heteroatoms. The topological polar surface area (TPSA) is 17.1 Å². The van der Waals surface area contributed by atoms with Crippen molar-refractivity contribution in [1.29, 1.82) is 0 Å². The summed E-state index contributed by atoms with van der Waals surface area (Å²) in [5.74, 6) is -0.00188. The lowest BCUT2D eigenvalue weighted by atomic mass is 10.0. The van der Waals surface area contributed by atoms with Crippen LogP contribution in [-0.2, 0) is 0 Å². The molecular formula is C13H8BrClO. The molecule has 80 valence electrons. The zero-order valence-electron chi connectivity index (χ0n) is 8.28. The average Bonchev–Trinajstić information content (AvgIpc) is 2.33. The Morgan fingerprint density at radius 1 is 1.00 bits per heavy atom. The molecule has 0 radical (unpaired) electrons. The van der Waals surface area contributed by atoms with Gasteiger partial charge < -0.3 is 0 Å². The van der Waals surface area contributed by atoms with Gasteiger partial charge in [-0.1, -0.05) is 41.9 Å². The van der Waals surface area contributed by atoms with Crippen molar-refractivity contribution >= 4 is 33.3 Å². The number of ketones is 1. The van der Waals surface area contributed by atoms with Crippen molar-refractivity contribution in [2.75, 3.05) is 0 Å². The quantitative estimate of drug-likeness (QED) is 0.754. The molecule has 2 aromatic carbocycles. The number of hydrogen-bond donors (Lipinski definition) is 0. The molecule has 0 unspecified atom stereocenters. The Morgan fingerprint density at radius 3 is 2.31 bits per heavy atom. The Labute approximate surface area is 107 Å². The minimum absolute atomic E-state index is 0.00188. The van der Waals surface area contributed by atoms with E-state index in [4.69, 9.17) is 11.6 Å². The molecule has 0 saturated carbocycles. The number of rotatable bonds is 2. The van der Waals surface area contributed by atoms with Crippen LogP contribution in [0.4, 0.5) is 0 Å². The second-order valence-corrected chi connectivity index (χ2v) is 4.59. The highest BCUT2D eigenvalue weighted by molar-refractivity contribution is 9.10. The molecule has 0 spiro atoms. The maximum Gasteiger partial charge on any atom is 0.193 e. The molecule has 0 bridgehead atoms. The fourth-order valence-electron chi connectivity index (χ4n) is 1.39. The second kappa shape index (κ2) is 4.81. The SMILES string of the molecule is O=C(c1ccccc1)c1ccc(Cl)c(Br)c1. The van der Waals surface area contributed by atoms with Crippen LogP contribution in [0.5, 0.6) is 0 Å². The number of carbonyl (C=O) groups excluding carboxylic acids is 1. The van der Waals surface area contributed by atoms with Crippen molar-refractivity contribution in [2.45, 2.75) is 0 Å². The van der Waals surface area contributed by atoms with Crippen LogP contribution in [-0.4, -0.2) is 5.78 Å². The highest BCUT2D eigenvalue weighted by atomic mass is 79.9. The number of hydrogen-bond acceptors (Lipinski definition) is 1. The van der Waals surface area contributed by atoms with Gasteiger partial charge in [0.25, 0.3) is 0 Å². The van der Waals surface area contributed by atoms with E-state index in [-0.39, 0.29) is 5.78 Å². The van der Waals surface area contributed by atoms with E-state index in [1.807, 2.05) is 18.2 Å². The van der Waals surface area contributed by atoms with Gasteiger partial charge in [0.2, 0.25) is 0 Å². The van der Waals surface area contributed by atoms with Crippen LogP contribution in [0.3, 0.4) is 0 Å². The zero-order chi connectivity index (χ0) is 11.5. The number of halogens is 2. The van der Waals surface area contributed by atoms with E-state index < -0.39 is 0 Å². The Hall–Kier alpha value is -1.12. The van der Waals surface area contributed by atoms with Crippen LogP contribution in [0.2, 0.25) is 5.02 Å². The molecule has 0 fully saturated rings. The third kappa shape index (κ3) is 2.34. The van der Waals surface area contributed by atoms with Crippen LogP contribution in [0, 0.1) is 0 Å². The average molecular weight is 296 g/mol. The highest BCUT2D eigenvalue weighted by Gasteiger charge is 2.09. The van der Waals surface area contributed by atoms with E-state index in [2.05, 4.69) is 15.9 Å². The summed E-state index contributed by atoms with van der Waals surface area (Å²) in [5.41, 5.74) is 1.30. The summed E-state index contributed by atoms with van der Waals surface area (Å²) in [5, 5.41) is 0.601. The third-order valence-electron chi connectivity index (χ3n) is 2.22. The van der Waals surface area contributed by atoms with E-state index in [0.29, 0.717) is 16.1 Å². The van der Waals surface area contributed by atoms with Crippen LogP contribution < -0.4 is 0 Å². The number of carbonyl (C=O) groups is 1. The molecule has 16 heavy (non-hydrogen) atoms. The lowest BCUT2D eigenvalue weighted by molar-refractivity contribution is 0.103. The summed E-state index contributed by atoms with van der Waals surface area (Å²) in [6.07, 6.45) is 0. The molecular weight excluding hydrogens is 287 g/mol. The molecule has 0 aromatic heterocycles. The molecule has 0 saturated heterocycles. The van der Waals surface area contributed by atoms with Gasteiger partial charge in [-0.2, -0.15) is 0 Å². The van der Waals surface area contributed by atoms with Gasteiger partial charge >= 0.3 is 0 Å². The zero-order valence-corrected chi connectivity index (χ0v) is 10.6. The van der Waals surface area contributed by atoms with E-state index in [9.17, 15) is 4.79 Å². The lowest BCUT2D eigenvalue weighted by Gasteiger charge is -2.02. The summed E-state index contributed by atoms with van der Waals surface area (Å²) >= 11 is 9.18. The molecule has 1 nitrogen and oxygen atoms in total. The van der Waals surface area contributed by atoms with Gasteiger partial charge in [-0.25, -0.2) is 0 Å². The Morgan fingerprint density at radius 2 is 1.69 bits per heavy atom. The Bertz CT molecular complexity index is 523. The maximum absolute atomic E-state index is 12.0. The smallest absolute Gasteiger partial charge is 0.193 e. The minimum atomic E-state index is -0.00188. The summed E-state index contributed by atoms with van der Waals surface area (Å²) in [6.45, 7) is 0. The van der Waals surface area contributed by atoms with Crippen LogP contribution in [0.15, 0.2) is 53.0 Å². The summed E-state index contributed by atoms with van der Waals surface area (Å²) in [6, 6.07) is 14.3. The molecule has 0 amide bonds. The first-order chi connectivity index (χ1) is 7.68. The van der Waals surface area contributed by atoms with Gasteiger partial charge in [-0.15, -0.1) is 0 Å². The largest absolute Gasteiger partial charge is 0.289 e. The molecule has 0 atom stereocenters. The fourth-order valence-corrected chi connectivity index (χ4v) is 1.89. The Balaban J connectivity index is 2.39. The van der Waals surface area contributed by atoms with Gasteiger partial charge in [0.15, 0.2) is 5.78 Å².